The second-order valence-corrected chi connectivity index (χ2v) is 7.74. The topological polar surface area (TPSA) is 138 Å². The molecule has 2 aromatic carbocycles. The number of rotatable bonds is 4. The predicted molar refractivity (Wildman–Crippen MR) is 98.7 cm³/mol. The highest BCUT2D eigenvalue weighted by molar-refractivity contribution is 7.89. The van der Waals surface area contributed by atoms with Gasteiger partial charge in [0.05, 0.1) is 10.4 Å². The van der Waals surface area contributed by atoms with E-state index in [0.29, 0.717) is 5.56 Å². The van der Waals surface area contributed by atoms with E-state index < -0.39 is 26.8 Å². The van der Waals surface area contributed by atoms with Gasteiger partial charge in [0.25, 0.3) is 5.56 Å². The summed E-state index contributed by atoms with van der Waals surface area (Å²) >= 11 is 0. The molecule has 3 N–H and O–H groups in total. The number of benzene rings is 2. The molecule has 2 aromatic heterocycles. The number of H-pyrrole nitrogens is 2. The smallest absolute Gasteiger partial charge is 0.278 e. The van der Waals surface area contributed by atoms with E-state index >= 15 is 0 Å². The van der Waals surface area contributed by atoms with Gasteiger partial charge in [-0.15, -0.1) is 5.10 Å². The summed E-state index contributed by atoms with van der Waals surface area (Å²) in [6.45, 7) is -0.0951. The van der Waals surface area contributed by atoms with E-state index in [4.69, 9.17) is 0 Å². The average molecular weight is 401 g/mol. The monoisotopic (exact) mass is 401 g/mol. The fourth-order valence-electron chi connectivity index (χ4n) is 2.74. The Bertz CT molecular complexity index is 1430. The van der Waals surface area contributed by atoms with Gasteiger partial charge in [-0.25, -0.2) is 17.5 Å². The number of hydrogen-bond donors (Lipinski definition) is 3. The van der Waals surface area contributed by atoms with Crippen LogP contribution in [0.5, 0.6) is 0 Å². The first-order valence-electron chi connectivity index (χ1n) is 8.00. The number of fused-ring (bicyclic) bond motifs is 2. The molecular weight excluding hydrogens is 389 g/mol. The number of sulfonamides is 1. The third kappa shape index (κ3) is 3.17. The summed E-state index contributed by atoms with van der Waals surface area (Å²) < 4.78 is 40.0. The van der Waals surface area contributed by atoms with E-state index in [0.717, 1.165) is 24.3 Å². The van der Waals surface area contributed by atoms with Gasteiger partial charge >= 0.3 is 0 Å². The minimum absolute atomic E-state index is 0.0130. The first-order chi connectivity index (χ1) is 13.3. The van der Waals surface area contributed by atoms with E-state index in [-0.39, 0.29) is 33.4 Å². The number of aromatic nitrogens is 4. The Morgan fingerprint density at radius 2 is 1.82 bits per heavy atom. The SMILES string of the molecule is O=c1[nH]c2cc(CNS(=O)(=O)c3ccc(F)cc3)ccc2c(=O)c2[nH]nnc12. The van der Waals surface area contributed by atoms with Crippen molar-refractivity contribution in [3.05, 3.63) is 74.4 Å². The van der Waals surface area contributed by atoms with E-state index in [1.54, 1.807) is 6.07 Å². The zero-order chi connectivity index (χ0) is 19.9. The Morgan fingerprint density at radius 1 is 1.07 bits per heavy atom. The lowest BCUT2D eigenvalue weighted by atomic mass is 10.1. The molecular formula is C17H12FN5O4S. The molecule has 0 aliphatic heterocycles. The Labute approximate surface area is 156 Å². The molecule has 0 radical (unpaired) electrons. The molecule has 0 saturated heterocycles. The van der Waals surface area contributed by atoms with Crippen LogP contribution in [0.2, 0.25) is 0 Å². The van der Waals surface area contributed by atoms with Crippen LogP contribution in [0.25, 0.3) is 21.9 Å². The maximum atomic E-state index is 13.0. The summed E-state index contributed by atoms with van der Waals surface area (Å²) in [6.07, 6.45) is 0. The molecule has 0 atom stereocenters. The highest BCUT2D eigenvalue weighted by Gasteiger charge is 2.14. The van der Waals surface area contributed by atoms with Crippen molar-refractivity contribution in [1.29, 1.82) is 0 Å². The molecule has 0 unspecified atom stereocenters. The van der Waals surface area contributed by atoms with Gasteiger partial charge in [0, 0.05) is 11.9 Å². The van der Waals surface area contributed by atoms with Crippen molar-refractivity contribution in [2.75, 3.05) is 0 Å². The van der Waals surface area contributed by atoms with Crippen LogP contribution in [-0.4, -0.2) is 28.8 Å². The van der Waals surface area contributed by atoms with Crippen LogP contribution in [0.4, 0.5) is 4.39 Å². The van der Waals surface area contributed by atoms with Crippen LogP contribution in [0.3, 0.4) is 0 Å². The first-order valence-corrected chi connectivity index (χ1v) is 9.49. The summed E-state index contributed by atoms with van der Waals surface area (Å²) in [5.74, 6) is -0.542. The van der Waals surface area contributed by atoms with Gasteiger partial charge in [-0.2, -0.15) is 0 Å². The highest BCUT2D eigenvalue weighted by atomic mass is 32.2. The van der Waals surface area contributed by atoms with Gasteiger partial charge in [-0.05, 0) is 42.0 Å². The quantitative estimate of drug-likeness (QED) is 0.462. The minimum atomic E-state index is -3.85. The second kappa shape index (κ2) is 6.62. The maximum Gasteiger partial charge on any atom is 0.278 e. The van der Waals surface area contributed by atoms with Crippen molar-refractivity contribution >= 4 is 32.0 Å². The van der Waals surface area contributed by atoms with Crippen LogP contribution >= 0.6 is 0 Å². The van der Waals surface area contributed by atoms with Gasteiger partial charge in [0.2, 0.25) is 15.5 Å². The summed E-state index contributed by atoms with van der Waals surface area (Å²) in [5.41, 5.74) is -0.429. The average Bonchev–Trinajstić information content (AvgIpc) is 3.13. The summed E-state index contributed by atoms with van der Waals surface area (Å²) in [4.78, 5) is 27.2. The molecule has 2 heterocycles. The molecule has 0 amide bonds. The largest absolute Gasteiger partial charge is 0.320 e. The van der Waals surface area contributed by atoms with Crippen LogP contribution in [0.1, 0.15) is 5.56 Å². The second-order valence-electron chi connectivity index (χ2n) is 5.98. The number of halogens is 1. The lowest BCUT2D eigenvalue weighted by molar-refractivity contribution is 0.580. The zero-order valence-corrected chi connectivity index (χ0v) is 14.9. The standard InChI is InChI=1S/C17H12FN5O4S/c18-10-2-4-11(5-3-10)28(26,27)19-8-9-1-6-12-13(7-9)20-17(25)15-14(16(12)24)21-23-22-15/h1-7,19H,8H2,(H,20,25)(H,21,22,23). The number of aromatic amines is 2. The van der Waals surface area contributed by atoms with Gasteiger partial charge in [0.15, 0.2) is 5.52 Å². The molecule has 4 aromatic rings. The number of hydrogen-bond acceptors (Lipinski definition) is 6. The van der Waals surface area contributed by atoms with Crippen molar-refractivity contribution in [1.82, 2.24) is 25.1 Å². The van der Waals surface area contributed by atoms with Crippen LogP contribution in [0.15, 0.2) is 56.9 Å². The van der Waals surface area contributed by atoms with Gasteiger partial charge in [-0.3, -0.25) is 14.7 Å². The fraction of sp³-hybridized carbons (Fsp3) is 0.0588. The Kier molecular flexibility index (Phi) is 4.24. The maximum absolute atomic E-state index is 13.0. The number of nitrogens with zero attached hydrogens (tertiary/aromatic N) is 2. The first kappa shape index (κ1) is 17.9. The number of nitrogens with one attached hydrogen (secondary N) is 3. The zero-order valence-electron chi connectivity index (χ0n) is 14.1. The third-order valence-electron chi connectivity index (χ3n) is 4.16. The van der Waals surface area contributed by atoms with Crippen LogP contribution in [0, 0.1) is 5.82 Å². The molecule has 0 aliphatic carbocycles. The highest BCUT2D eigenvalue weighted by Crippen LogP contribution is 2.13. The summed E-state index contributed by atoms with van der Waals surface area (Å²) in [6, 6.07) is 8.95. The molecule has 28 heavy (non-hydrogen) atoms. The van der Waals surface area contributed by atoms with Crippen molar-refractivity contribution in [2.45, 2.75) is 11.4 Å². The normalized spacial score (nSPS) is 11.9. The molecule has 0 fully saturated rings. The minimum Gasteiger partial charge on any atom is -0.320 e. The van der Waals surface area contributed by atoms with Gasteiger partial charge in [-0.1, -0.05) is 11.3 Å². The molecule has 0 saturated carbocycles. The molecule has 9 nitrogen and oxygen atoms in total. The van der Waals surface area contributed by atoms with Crippen molar-refractivity contribution in [3.63, 3.8) is 0 Å². The lowest BCUT2D eigenvalue weighted by Crippen LogP contribution is -2.23. The Morgan fingerprint density at radius 3 is 2.57 bits per heavy atom. The van der Waals surface area contributed by atoms with Crippen molar-refractivity contribution < 1.29 is 12.8 Å². The van der Waals surface area contributed by atoms with Crippen LogP contribution < -0.4 is 15.7 Å². The molecule has 142 valence electrons. The Hall–Kier alpha value is -3.44. The van der Waals surface area contributed by atoms with E-state index in [9.17, 15) is 22.4 Å². The van der Waals surface area contributed by atoms with E-state index in [1.165, 1.54) is 12.1 Å². The van der Waals surface area contributed by atoms with Crippen LogP contribution in [-0.2, 0) is 16.6 Å². The van der Waals surface area contributed by atoms with Gasteiger partial charge < -0.3 is 4.98 Å². The molecule has 0 spiro atoms. The predicted octanol–water partition coefficient (Wildman–Crippen LogP) is 0.777. The fourth-order valence-corrected chi connectivity index (χ4v) is 3.76. The van der Waals surface area contributed by atoms with E-state index in [1.807, 2.05) is 0 Å². The van der Waals surface area contributed by atoms with E-state index in [2.05, 4.69) is 25.1 Å². The van der Waals surface area contributed by atoms with Crippen molar-refractivity contribution in [2.24, 2.45) is 0 Å². The Balaban J connectivity index is 1.70. The molecule has 0 aliphatic rings. The molecule has 4 rings (SSSR count). The summed E-state index contributed by atoms with van der Waals surface area (Å²) in [5, 5.41) is 9.71. The van der Waals surface area contributed by atoms with Gasteiger partial charge in [0.1, 0.15) is 11.3 Å². The summed E-state index contributed by atoms with van der Waals surface area (Å²) in [7, 11) is -3.85. The molecule has 11 heteroatoms. The third-order valence-corrected chi connectivity index (χ3v) is 5.57. The lowest BCUT2D eigenvalue weighted by Gasteiger charge is -2.07. The van der Waals surface area contributed by atoms with Crippen molar-refractivity contribution in [3.8, 4) is 0 Å². The molecule has 0 bridgehead atoms.